The summed E-state index contributed by atoms with van der Waals surface area (Å²) >= 11 is 18.8. The number of ether oxygens (including phenoxy) is 1. The van der Waals surface area contributed by atoms with E-state index in [1.54, 1.807) is 18.2 Å². The lowest BCUT2D eigenvalue weighted by atomic mass is 10.2. The highest BCUT2D eigenvalue weighted by Gasteiger charge is 2.18. The fourth-order valence-corrected chi connectivity index (χ4v) is 4.24. The number of nitrogens with one attached hydrogen (secondary N) is 2. The van der Waals surface area contributed by atoms with Gasteiger partial charge in [-0.3, -0.25) is 10.1 Å². The molecule has 0 bridgehead atoms. The quantitative estimate of drug-likeness (QED) is 0.524. The predicted molar refractivity (Wildman–Crippen MR) is 113 cm³/mol. The lowest BCUT2D eigenvalue weighted by molar-refractivity contribution is 0.0982. The molecule has 0 fully saturated rings. The van der Waals surface area contributed by atoms with Crippen molar-refractivity contribution in [1.29, 1.82) is 0 Å². The highest BCUT2D eigenvalue weighted by Crippen LogP contribution is 2.36. The Morgan fingerprint density at radius 3 is 2.77 bits per heavy atom. The Bertz CT molecular complexity index is 988. The number of rotatable bonds is 4. The molecular weight excluding hydrogens is 411 g/mol. The van der Waals surface area contributed by atoms with Gasteiger partial charge in [-0.1, -0.05) is 41.4 Å². The molecule has 4 nitrogen and oxygen atoms in total. The van der Waals surface area contributed by atoms with Gasteiger partial charge in [0.05, 0.1) is 17.3 Å². The Morgan fingerprint density at radius 2 is 2.00 bits per heavy atom. The van der Waals surface area contributed by atoms with Gasteiger partial charge in [-0.05, 0) is 43.4 Å². The van der Waals surface area contributed by atoms with E-state index in [4.69, 9.17) is 40.2 Å². The van der Waals surface area contributed by atoms with Gasteiger partial charge in [-0.25, -0.2) is 0 Å². The maximum atomic E-state index is 12.6. The maximum absolute atomic E-state index is 12.6. The number of benzene rings is 2. The van der Waals surface area contributed by atoms with Crippen LogP contribution in [0.25, 0.3) is 10.1 Å². The van der Waals surface area contributed by atoms with Crippen LogP contribution in [0.3, 0.4) is 0 Å². The van der Waals surface area contributed by atoms with E-state index in [1.165, 1.54) is 11.3 Å². The summed E-state index contributed by atoms with van der Waals surface area (Å²) in [4.78, 5) is 12.9. The minimum absolute atomic E-state index is 0.161. The lowest BCUT2D eigenvalue weighted by Crippen LogP contribution is -2.33. The summed E-state index contributed by atoms with van der Waals surface area (Å²) in [7, 11) is 0. The summed E-state index contributed by atoms with van der Waals surface area (Å²) in [5.41, 5.74) is 0.675. The van der Waals surface area contributed by atoms with Crippen molar-refractivity contribution in [2.45, 2.75) is 6.92 Å². The zero-order valence-corrected chi connectivity index (χ0v) is 16.8. The molecule has 0 spiro atoms. The van der Waals surface area contributed by atoms with Crippen molar-refractivity contribution in [3.05, 3.63) is 57.4 Å². The molecule has 26 heavy (non-hydrogen) atoms. The molecule has 3 aromatic rings. The minimum atomic E-state index is -0.376. The van der Waals surface area contributed by atoms with Gasteiger partial charge in [0.1, 0.15) is 10.6 Å². The summed E-state index contributed by atoms with van der Waals surface area (Å²) in [6, 6.07) is 12.7. The molecule has 0 aliphatic rings. The van der Waals surface area contributed by atoms with Crippen LogP contribution in [0.4, 0.5) is 5.69 Å². The van der Waals surface area contributed by atoms with Crippen molar-refractivity contribution in [3.63, 3.8) is 0 Å². The summed E-state index contributed by atoms with van der Waals surface area (Å²) in [5, 5.41) is 7.54. The number of hydrogen-bond acceptors (Lipinski definition) is 4. The third-order valence-electron chi connectivity index (χ3n) is 3.46. The second kappa shape index (κ2) is 8.22. The van der Waals surface area contributed by atoms with Gasteiger partial charge in [0, 0.05) is 15.1 Å². The Kier molecular flexibility index (Phi) is 5.98. The van der Waals surface area contributed by atoms with E-state index in [9.17, 15) is 4.79 Å². The Morgan fingerprint density at radius 1 is 1.23 bits per heavy atom. The van der Waals surface area contributed by atoms with Gasteiger partial charge >= 0.3 is 0 Å². The second-order valence-corrected chi connectivity index (χ2v) is 7.50. The molecule has 3 rings (SSSR count). The van der Waals surface area contributed by atoms with Gasteiger partial charge in [0.2, 0.25) is 0 Å². The molecule has 0 atom stereocenters. The zero-order valence-electron chi connectivity index (χ0n) is 13.6. The standard InChI is InChI=1S/C18H14Cl2N2O2S2/c1-2-24-13-6-4-3-5-12(13)21-18(25)22-17(23)16-15(20)11-8-7-10(19)9-14(11)26-16/h3-9H,2H2,1H3,(H2,21,22,23,25). The van der Waals surface area contributed by atoms with Crippen LogP contribution in [-0.4, -0.2) is 17.6 Å². The zero-order chi connectivity index (χ0) is 18.7. The first-order chi connectivity index (χ1) is 12.5. The Labute approximate surface area is 170 Å². The van der Waals surface area contributed by atoms with Crippen molar-refractivity contribution in [1.82, 2.24) is 5.32 Å². The third-order valence-corrected chi connectivity index (χ3v) is 5.56. The molecule has 0 saturated carbocycles. The van der Waals surface area contributed by atoms with Crippen LogP contribution in [0.1, 0.15) is 16.6 Å². The van der Waals surface area contributed by atoms with Crippen LogP contribution in [0.5, 0.6) is 5.75 Å². The van der Waals surface area contributed by atoms with Crippen molar-refractivity contribution in [2.75, 3.05) is 11.9 Å². The van der Waals surface area contributed by atoms with Crippen LogP contribution in [0, 0.1) is 0 Å². The second-order valence-electron chi connectivity index (χ2n) is 5.22. The smallest absolute Gasteiger partial charge is 0.269 e. The van der Waals surface area contributed by atoms with Crippen molar-refractivity contribution < 1.29 is 9.53 Å². The van der Waals surface area contributed by atoms with E-state index in [1.807, 2.05) is 31.2 Å². The summed E-state index contributed by atoms with van der Waals surface area (Å²) in [6.07, 6.45) is 0. The number of fused-ring (bicyclic) bond motifs is 1. The van der Waals surface area contributed by atoms with Crippen LogP contribution in [0.2, 0.25) is 10.0 Å². The SMILES string of the molecule is CCOc1ccccc1NC(=S)NC(=O)c1sc2cc(Cl)ccc2c1Cl. The summed E-state index contributed by atoms with van der Waals surface area (Å²) < 4.78 is 6.37. The number of thiocarbonyl (C=S) groups is 1. The summed E-state index contributed by atoms with van der Waals surface area (Å²) in [6.45, 7) is 2.42. The Balaban J connectivity index is 1.76. The molecule has 1 heterocycles. The van der Waals surface area contributed by atoms with E-state index >= 15 is 0 Å². The van der Waals surface area contributed by atoms with Crippen molar-refractivity contribution in [3.8, 4) is 5.75 Å². The molecule has 0 radical (unpaired) electrons. The summed E-state index contributed by atoms with van der Waals surface area (Å²) in [5.74, 6) is 0.278. The van der Waals surface area contributed by atoms with Gasteiger partial charge in [-0.15, -0.1) is 11.3 Å². The monoisotopic (exact) mass is 424 g/mol. The van der Waals surface area contributed by atoms with Crippen molar-refractivity contribution >= 4 is 73.5 Å². The number of anilines is 1. The predicted octanol–water partition coefficient (Wildman–Crippen LogP) is 5.73. The van der Waals surface area contributed by atoms with Crippen LogP contribution in [-0.2, 0) is 0 Å². The minimum Gasteiger partial charge on any atom is -0.492 e. The molecule has 1 aromatic heterocycles. The highest BCUT2D eigenvalue weighted by atomic mass is 35.5. The van der Waals surface area contributed by atoms with Gasteiger partial charge in [0.25, 0.3) is 5.91 Å². The highest BCUT2D eigenvalue weighted by molar-refractivity contribution is 7.80. The van der Waals surface area contributed by atoms with E-state index in [2.05, 4.69) is 10.6 Å². The van der Waals surface area contributed by atoms with E-state index < -0.39 is 0 Å². The number of carbonyl (C=O) groups is 1. The molecule has 1 amide bonds. The van der Waals surface area contributed by atoms with Crippen molar-refractivity contribution in [2.24, 2.45) is 0 Å². The van der Waals surface area contributed by atoms with Crippen LogP contribution >= 0.6 is 46.8 Å². The molecular formula is C18H14Cl2N2O2S2. The van der Waals surface area contributed by atoms with E-state index in [0.29, 0.717) is 33.0 Å². The number of amides is 1. The topological polar surface area (TPSA) is 50.4 Å². The normalized spacial score (nSPS) is 10.6. The van der Waals surface area contributed by atoms with Gasteiger partial charge in [-0.2, -0.15) is 0 Å². The first kappa shape index (κ1) is 18.9. The first-order valence-corrected chi connectivity index (χ1v) is 9.69. The lowest BCUT2D eigenvalue weighted by Gasteiger charge is -2.13. The maximum Gasteiger partial charge on any atom is 0.269 e. The molecule has 134 valence electrons. The van der Waals surface area contributed by atoms with Gasteiger partial charge < -0.3 is 10.1 Å². The molecule has 2 N–H and O–H groups in total. The largest absolute Gasteiger partial charge is 0.492 e. The average Bonchev–Trinajstić information content (AvgIpc) is 2.93. The number of thiophene rings is 1. The fourth-order valence-electron chi connectivity index (χ4n) is 2.35. The van der Waals surface area contributed by atoms with Crippen LogP contribution < -0.4 is 15.4 Å². The molecule has 0 aliphatic carbocycles. The number of halogens is 2. The fraction of sp³-hybridized carbons (Fsp3) is 0.111. The molecule has 2 aromatic carbocycles. The number of carbonyl (C=O) groups excluding carboxylic acids is 1. The first-order valence-electron chi connectivity index (χ1n) is 7.71. The van der Waals surface area contributed by atoms with E-state index in [-0.39, 0.29) is 11.0 Å². The number of hydrogen-bond donors (Lipinski definition) is 2. The third kappa shape index (κ3) is 4.10. The number of para-hydroxylation sites is 2. The Hall–Kier alpha value is -1.86. The molecule has 0 saturated heterocycles. The van der Waals surface area contributed by atoms with Crippen LogP contribution in [0.15, 0.2) is 42.5 Å². The average molecular weight is 425 g/mol. The molecule has 0 unspecified atom stereocenters. The molecule has 8 heteroatoms. The van der Waals surface area contributed by atoms with E-state index in [0.717, 1.165) is 10.1 Å². The molecule has 0 aliphatic heterocycles. The van der Waals surface area contributed by atoms with Gasteiger partial charge in [0.15, 0.2) is 5.11 Å².